The number of carbonyl (C=O) groups is 2. The van der Waals surface area contributed by atoms with Crippen LogP contribution in [0.4, 0.5) is 0 Å². The Labute approximate surface area is 146 Å². The number of fused-ring (bicyclic) bond motifs is 1. The van der Waals surface area contributed by atoms with Crippen molar-refractivity contribution in [2.45, 2.75) is 44.6 Å². The predicted molar refractivity (Wildman–Crippen MR) is 92.0 cm³/mol. The summed E-state index contributed by atoms with van der Waals surface area (Å²) < 4.78 is 1.90. The monoisotopic (exact) mass is 341 g/mol. The largest absolute Gasteiger partial charge is 0.341 e. The molecule has 25 heavy (non-hydrogen) atoms. The van der Waals surface area contributed by atoms with Gasteiger partial charge in [-0.1, -0.05) is 0 Å². The number of aromatic nitrogens is 3. The highest BCUT2D eigenvalue weighted by atomic mass is 16.2. The number of nitrogens with zero attached hydrogens (tertiary/aromatic N) is 5. The van der Waals surface area contributed by atoms with E-state index >= 15 is 0 Å². The Balaban J connectivity index is 1.44. The first-order valence-corrected chi connectivity index (χ1v) is 9.00. The molecule has 7 heteroatoms. The summed E-state index contributed by atoms with van der Waals surface area (Å²) in [5.74, 6) is 0.496. The summed E-state index contributed by atoms with van der Waals surface area (Å²) in [5, 5.41) is 4.37. The molecule has 2 aromatic heterocycles. The summed E-state index contributed by atoms with van der Waals surface area (Å²) in [5.41, 5.74) is 2.02. The fourth-order valence-corrected chi connectivity index (χ4v) is 4.17. The molecule has 2 saturated heterocycles. The highest BCUT2D eigenvalue weighted by Gasteiger charge is 2.36. The highest BCUT2D eigenvalue weighted by Crippen LogP contribution is 2.29. The number of amides is 2. The van der Waals surface area contributed by atoms with Gasteiger partial charge >= 0.3 is 0 Å². The molecule has 7 nitrogen and oxygen atoms in total. The highest BCUT2D eigenvalue weighted by molar-refractivity contribution is 5.87. The van der Waals surface area contributed by atoms with Gasteiger partial charge in [0.1, 0.15) is 6.04 Å². The number of piperidine rings is 1. The van der Waals surface area contributed by atoms with Crippen LogP contribution in [0.15, 0.2) is 24.5 Å². The zero-order valence-corrected chi connectivity index (χ0v) is 14.5. The van der Waals surface area contributed by atoms with Gasteiger partial charge in [0.2, 0.25) is 11.8 Å². The second-order valence-corrected chi connectivity index (χ2v) is 6.94. The molecule has 0 radical (unpaired) electrons. The van der Waals surface area contributed by atoms with Gasteiger partial charge in [0.05, 0.1) is 6.20 Å². The third kappa shape index (κ3) is 2.88. The molecule has 0 spiro atoms. The minimum absolute atomic E-state index is 0.00333. The van der Waals surface area contributed by atoms with Crippen molar-refractivity contribution in [3.8, 4) is 0 Å². The van der Waals surface area contributed by atoms with Crippen molar-refractivity contribution in [2.75, 3.05) is 19.6 Å². The van der Waals surface area contributed by atoms with Crippen molar-refractivity contribution >= 4 is 17.5 Å². The zero-order valence-electron chi connectivity index (χ0n) is 14.5. The van der Waals surface area contributed by atoms with Gasteiger partial charge in [-0.2, -0.15) is 5.10 Å². The van der Waals surface area contributed by atoms with Crippen molar-refractivity contribution in [1.29, 1.82) is 0 Å². The first kappa shape index (κ1) is 16.1. The Hall–Kier alpha value is -2.44. The van der Waals surface area contributed by atoms with E-state index in [1.165, 1.54) is 0 Å². The molecule has 0 bridgehead atoms. The van der Waals surface area contributed by atoms with E-state index in [0.29, 0.717) is 12.5 Å². The standard InChI is InChI=1S/C18H23N5O2/c1-13(24)22-10-2-3-16(22)18(25)21-11-6-14(7-12-21)15-4-8-19-17-5-9-20-23(15)17/h4-5,8-9,14,16H,2-3,6-7,10-12H2,1H3/t16-/m1/s1. The van der Waals surface area contributed by atoms with Crippen LogP contribution in [0, 0.1) is 0 Å². The van der Waals surface area contributed by atoms with Gasteiger partial charge in [0.25, 0.3) is 0 Å². The lowest BCUT2D eigenvalue weighted by atomic mass is 9.92. The minimum Gasteiger partial charge on any atom is -0.341 e. The Bertz CT molecular complexity index is 794. The maximum absolute atomic E-state index is 12.8. The molecule has 0 aromatic carbocycles. The first-order chi connectivity index (χ1) is 12.1. The van der Waals surface area contributed by atoms with Crippen LogP contribution >= 0.6 is 0 Å². The third-order valence-corrected chi connectivity index (χ3v) is 5.49. The van der Waals surface area contributed by atoms with Crippen LogP contribution in [0.25, 0.3) is 5.65 Å². The van der Waals surface area contributed by atoms with E-state index in [9.17, 15) is 9.59 Å². The molecule has 0 saturated carbocycles. The molecule has 2 aliphatic heterocycles. The van der Waals surface area contributed by atoms with Gasteiger partial charge in [-0.3, -0.25) is 9.59 Å². The Kier molecular flexibility index (Phi) is 4.15. The molecule has 2 fully saturated rings. The maximum Gasteiger partial charge on any atom is 0.245 e. The van der Waals surface area contributed by atoms with E-state index in [1.54, 1.807) is 18.0 Å². The molecule has 132 valence electrons. The summed E-state index contributed by atoms with van der Waals surface area (Å²) in [6.07, 6.45) is 7.13. The van der Waals surface area contributed by atoms with Crippen LogP contribution in [0.3, 0.4) is 0 Å². The number of hydrogen-bond donors (Lipinski definition) is 0. The second-order valence-electron chi connectivity index (χ2n) is 6.94. The maximum atomic E-state index is 12.8. The summed E-state index contributed by atoms with van der Waals surface area (Å²) in [4.78, 5) is 32.5. The number of rotatable bonds is 2. The topological polar surface area (TPSA) is 70.8 Å². The first-order valence-electron chi connectivity index (χ1n) is 9.00. The molecular formula is C18H23N5O2. The lowest BCUT2D eigenvalue weighted by Crippen LogP contribution is -2.49. The SMILES string of the molecule is CC(=O)N1CCC[C@@H]1C(=O)N1CCC(c2ccnc3ccnn23)CC1. The van der Waals surface area contributed by atoms with Crippen molar-refractivity contribution < 1.29 is 9.59 Å². The molecule has 4 rings (SSSR count). The number of hydrogen-bond acceptors (Lipinski definition) is 4. The van der Waals surface area contributed by atoms with Crippen molar-refractivity contribution in [1.82, 2.24) is 24.4 Å². The molecule has 2 aromatic rings. The summed E-state index contributed by atoms with van der Waals surface area (Å²) >= 11 is 0. The van der Waals surface area contributed by atoms with Crippen LogP contribution in [0.2, 0.25) is 0 Å². The molecule has 0 unspecified atom stereocenters. The molecule has 2 aliphatic rings. The lowest BCUT2D eigenvalue weighted by molar-refractivity contribution is -0.143. The van der Waals surface area contributed by atoms with Gasteiger partial charge in [0, 0.05) is 50.4 Å². The summed E-state index contributed by atoms with van der Waals surface area (Å²) in [6.45, 7) is 3.72. The van der Waals surface area contributed by atoms with E-state index in [-0.39, 0.29) is 17.9 Å². The third-order valence-electron chi connectivity index (χ3n) is 5.49. The van der Waals surface area contributed by atoms with Gasteiger partial charge in [-0.15, -0.1) is 0 Å². The van der Waals surface area contributed by atoms with Crippen molar-refractivity contribution in [2.24, 2.45) is 0 Å². The Morgan fingerprint density at radius 1 is 1.08 bits per heavy atom. The molecule has 4 heterocycles. The fraction of sp³-hybridized carbons (Fsp3) is 0.556. The fourth-order valence-electron chi connectivity index (χ4n) is 4.17. The van der Waals surface area contributed by atoms with E-state index in [4.69, 9.17) is 0 Å². The molecule has 2 amide bonds. The normalized spacial score (nSPS) is 21.9. The summed E-state index contributed by atoms with van der Waals surface area (Å²) in [6, 6.07) is 3.67. The average molecular weight is 341 g/mol. The molecule has 1 atom stereocenters. The molecular weight excluding hydrogens is 318 g/mol. The van der Waals surface area contributed by atoms with E-state index in [1.807, 2.05) is 27.7 Å². The number of carbonyl (C=O) groups excluding carboxylic acids is 2. The van der Waals surface area contributed by atoms with Gasteiger partial charge in [-0.25, -0.2) is 9.50 Å². The zero-order chi connectivity index (χ0) is 17.4. The molecule has 0 aliphatic carbocycles. The quantitative estimate of drug-likeness (QED) is 0.829. The van der Waals surface area contributed by atoms with Gasteiger partial charge in [-0.05, 0) is 31.7 Å². The predicted octanol–water partition coefficient (Wildman–Crippen LogP) is 1.45. The van der Waals surface area contributed by atoms with Crippen LogP contribution in [-0.2, 0) is 9.59 Å². The Morgan fingerprint density at radius 3 is 2.64 bits per heavy atom. The minimum atomic E-state index is -0.257. The van der Waals surface area contributed by atoms with E-state index in [2.05, 4.69) is 10.1 Å². The van der Waals surface area contributed by atoms with Crippen LogP contribution < -0.4 is 0 Å². The Morgan fingerprint density at radius 2 is 1.88 bits per heavy atom. The van der Waals surface area contributed by atoms with Gasteiger partial charge < -0.3 is 9.80 Å². The van der Waals surface area contributed by atoms with Crippen LogP contribution in [0.5, 0.6) is 0 Å². The van der Waals surface area contributed by atoms with E-state index < -0.39 is 0 Å². The van der Waals surface area contributed by atoms with Crippen LogP contribution in [-0.4, -0.2) is 61.9 Å². The van der Waals surface area contributed by atoms with Crippen LogP contribution in [0.1, 0.15) is 44.2 Å². The lowest BCUT2D eigenvalue weighted by Gasteiger charge is -2.35. The number of likely N-dealkylation sites (tertiary alicyclic amines) is 2. The summed E-state index contributed by atoms with van der Waals surface area (Å²) in [7, 11) is 0. The second kappa shape index (κ2) is 6.46. The van der Waals surface area contributed by atoms with E-state index in [0.717, 1.165) is 50.1 Å². The smallest absolute Gasteiger partial charge is 0.245 e. The molecule has 0 N–H and O–H groups in total. The van der Waals surface area contributed by atoms with Crippen molar-refractivity contribution in [3.63, 3.8) is 0 Å². The average Bonchev–Trinajstić information content (AvgIpc) is 3.30. The van der Waals surface area contributed by atoms with Gasteiger partial charge in [0.15, 0.2) is 5.65 Å². The van der Waals surface area contributed by atoms with Crippen molar-refractivity contribution in [3.05, 3.63) is 30.2 Å².